The molecule has 3 aromatic carbocycles. The molecule has 0 radical (unpaired) electrons. The molecule has 0 bridgehead atoms. The maximum absolute atomic E-state index is 13.3. The summed E-state index contributed by atoms with van der Waals surface area (Å²) in [6.45, 7) is 0.447. The van der Waals surface area contributed by atoms with Crippen molar-refractivity contribution in [1.82, 2.24) is 4.98 Å². The molecule has 208 valence electrons. The number of aromatic nitrogens is 1. The largest absolute Gasteiger partial charge is 0.504 e. The molecule has 1 heterocycles. The summed E-state index contributed by atoms with van der Waals surface area (Å²) in [6.07, 6.45) is 2.48. The van der Waals surface area contributed by atoms with E-state index in [1.165, 1.54) is 26.6 Å². The van der Waals surface area contributed by atoms with Crippen LogP contribution in [-0.2, 0) is 17.7 Å². The molecule has 40 heavy (non-hydrogen) atoms. The van der Waals surface area contributed by atoms with Gasteiger partial charge in [-0.1, -0.05) is 47.5 Å². The van der Waals surface area contributed by atoms with Gasteiger partial charge in [-0.05, 0) is 53.1 Å². The molecule has 0 spiro atoms. The van der Waals surface area contributed by atoms with E-state index in [-0.39, 0.29) is 12.2 Å². The molecule has 1 atom stereocenters. The summed E-state index contributed by atoms with van der Waals surface area (Å²) in [6, 6.07) is 17.4. The quantitative estimate of drug-likeness (QED) is 0.185. The third-order valence-electron chi connectivity index (χ3n) is 6.24. The average molecular weight is 583 g/mol. The number of carbonyl (C=O) groups excluding carboxylic acids is 1. The molecule has 2 N–H and O–H groups in total. The summed E-state index contributed by atoms with van der Waals surface area (Å²) in [7, 11) is 4.57. The van der Waals surface area contributed by atoms with Crippen LogP contribution in [0, 0.1) is 0 Å². The summed E-state index contributed by atoms with van der Waals surface area (Å²) >= 11 is 12.8. The molecule has 0 saturated carbocycles. The van der Waals surface area contributed by atoms with E-state index < -0.39 is 12.1 Å². The number of hydrogen-bond acceptors (Lipinski definition) is 8. The van der Waals surface area contributed by atoms with Gasteiger partial charge in [-0.3, -0.25) is 4.98 Å². The number of nitrogens with one attached hydrogen (secondary N) is 1. The summed E-state index contributed by atoms with van der Waals surface area (Å²) in [4.78, 5) is 17.3. The van der Waals surface area contributed by atoms with Gasteiger partial charge in [0, 0.05) is 25.4 Å². The SMILES string of the molecule is COc1ccc([C@H](Cc2c(Cl)cncc2Cl)OC(=O)c2ccc(CNc3cccc(O)c3OC)cc2)cc1OC. The number of pyridine rings is 1. The Balaban J connectivity index is 1.54. The number of benzene rings is 3. The van der Waals surface area contributed by atoms with Gasteiger partial charge < -0.3 is 29.4 Å². The van der Waals surface area contributed by atoms with E-state index in [2.05, 4.69) is 10.3 Å². The Morgan fingerprint density at radius 2 is 1.62 bits per heavy atom. The summed E-state index contributed by atoms with van der Waals surface area (Å²) in [5.41, 5.74) is 3.22. The smallest absolute Gasteiger partial charge is 0.338 e. The van der Waals surface area contributed by atoms with Gasteiger partial charge >= 0.3 is 5.97 Å². The predicted octanol–water partition coefficient (Wildman–Crippen LogP) is 6.87. The number of hydrogen-bond donors (Lipinski definition) is 2. The van der Waals surface area contributed by atoms with E-state index in [1.54, 1.807) is 55.6 Å². The van der Waals surface area contributed by atoms with Crippen LogP contribution in [0.15, 0.2) is 73.1 Å². The Labute approximate surface area is 242 Å². The highest BCUT2D eigenvalue weighted by Crippen LogP contribution is 2.36. The van der Waals surface area contributed by atoms with E-state index in [1.807, 2.05) is 12.1 Å². The molecule has 10 heteroatoms. The number of carbonyl (C=O) groups is 1. The lowest BCUT2D eigenvalue weighted by Gasteiger charge is -2.21. The topological polar surface area (TPSA) is 99.1 Å². The molecule has 0 saturated heterocycles. The second-order valence-electron chi connectivity index (χ2n) is 8.70. The van der Waals surface area contributed by atoms with Gasteiger partial charge in [-0.2, -0.15) is 0 Å². The van der Waals surface area contributed by atoms with Gasteiger partial charge in [0.15, 0.2) is 23.0 Å². The van der Waals surface area contributed by atoms with Crippen LogP contribution < -0.4 is 19.5 Å². The Hall–Kier alpha value is -4.14. The lowest BCUT2D eigenvalue weighted by molar-refractivity contribution is 0.0297. The molecule has 0 aliphatic carbocycles. The Morgan fingerprint density at radius 1 is 0.925 bits per heavy atom. The fourth-order valence-corrected chi connectivity index (χ4v) is 4.65. The second kappa shape index (κ2) is 13.3. The minimum atomic E-state index is -0.732. The fraction of sp³-hybridized carbons (Fsp3) is 0.200. The third kappa shape index (κ3) is 6.70. The van der Waals surface area contributed by atoms with Crippen molar-refractivity contribution in [3.8, 4) is 23.0 Å². The first-order chi connectivity index (χ1) is 19.3. The van der Waals surface area contributed by atoms with Crippen molar-refractivity contribution in [2.45, 2.75) is 19.1 Å². The van der Waals surface area contributed by atoms with Crippen molar-refractivity contribution in [1.29, 1.82) is 0 Å². The van der Waals surface area contributed by atoms with Gasteiger partial charge in [0.25, 0.3) is 0 Å². The van der Waals surface area contributed by atoms with Crippen molar-refractivity contribution in [2.24, 2.45) is 0 Å². The standard InChI is InChI=1S/C30H28Cl2N2O6/c1-37-26-12-11-20(13-28(26)38-2)27(14-21-22(31)16-33-17-23(21)32)40-30(36)19-9-7-18(8-10-19)15-34-24-5-4-6-25(35)29(24)39-3/h4-13,16-17,27,34-35H,14-15H2,1-3H3/t27-/m0/s1. The average Bonchev–Trinajstić information content (AvgIpc) is 2.97. The summed E-state index contributed by atoms with van der Waals surface area (Å²) in [5.74, 6) is 0.926. The summed E-state index contributed by atoms with van der Waals surface area (Å²) in [5, 5.41) is 13.9. The molecule has 4 rings (SSSR count). The number of esters is 1. The maximum atomic E-state index is 13.3. The first kappa shape index (κ1) is 28.9. The predicted molar refractivity (Wildman–Crippen MR) is 154 cm³/mol. The minimum Gasteiger partial charge on any atom is -0.504 e. The number of methoxy groups -OCH3 is 3. The van der Waals surface area contributed by atoms with Gasteiger partial charge in [-0.25, -0.2) is 4.79 Å². The number of rotatable bonds is 11. The van der Waals surface area contributed by atoms with Crippen LogP contribution in [0.4, 0.5) is 5.69 Å². The zero-order chi connectivity index (χ0) is 28.6. The van der Waals surface area contributed by atoms with Crippen molar-refractivity contribution in [3.05, 3.63) is 105 Å². The first-order valence-corrected chi connectivity index (χ1v) is 13.0. The number of ether oxygens (including phenoxy) is 4. The first-order valence-electron chi connectivity index (χ1n) is 12.2. The molecule has 4 aromatic rings. The number of nitrogens with zero attached hydrogens (tertiary/aromatic N) is 1. The van der Waals surface area contributed by atoms with Crippen molar-refractivity contribution < 1.29 is 28.8 Å². The molecule has 0 aliphatic rings. The fourth-order valence-electron chi connectivity index (χ4n) is 4.13. The van der Waals surface area contributed by atoms with Gasteiger partial charge in [-0.15, -0.1) is 0 Å². The van der Waals surface area contributed by atoms with Crippen LogP contribution in [-0.4, -0.2) is 37.4 Å². The lowest BCUT2D eigenvalue weighted by atomic mass is 10.0. The van der Waals surface area contributed by atoms with Crippen LogP contribution in [0.1, 0.15) is 33.2 Å². The zero-order valence-corrected chi connectivity index (χ0v) is 23.6. The van der Waals surface area contributed by atoms with Crippen molar-refractivity contribution >= 4 is 34.9 Å². The highest BCUT2D eigenvalue weighted by molar-refractivity contribution is 6.35. The molecular weight excluding hydrogens is 555 g/mol. The van der Waals surface area contributed by atoms with E-state index in [0.29, 0.717) is 56.2 Å². The highest BCUT2D eigenvalue weighted by atomic mass is 35.5. The third-order valence-corrected chi connectivity index (χ3v) is 6.89. The Kier molecular flexibility index (Phi) is 9.58. The van der Waals surface area contributed by atoms with Crippen LogP contribution in [0.5, 0.6) is 23.0 Å². The van der Waals surface area contributed by atoms with Gasteiger partial charge in [0.05, 0.1) is 42.6 Å². The molecule has 8 nitrogen and oxygen atoms in total. The number of phenols is 1. The number of phenolic OH excluding ortho intramolecular Hbond substituents is 1. The number of aromatic hydroxyl groups is 1. The van der Waals surface area contributed by atoms with Crippen LogP contribution >= 0.6 is 23.2 Å². The summed E-state index contributed by atoms with van der Waals surface area (Å²) < 4.78 is 22.1. The van der Waals surface area contributed by atoms with Crippen LogP contribution in [0.2, 0.25) is 10.0 Å². The molecule has 0 aliphatic heterocycles. The van der Waals surface area contributed by atoms with Crippen LogP contribution in [0.3, 0.4) is 0 Å². The molecule has 0 fully saturated rings. The van der Waals surface area contributed by atoms with E-state index in [4.69, 9.17) is 42.1 Å². The zero-order valence-electron chi connectivity index (χ0n) is 22.1. The minimum absolute atomic E-state index is 0.0453. The van der Waals surface area contributed by atoms with E-state index in [0.717, 1.165) is 5.56 Å². The Bertz CT molecular complexity index is 1460. The van der Waals surface area contributed by atoms with Gasteiger partial charge in [0.1, 0.15) is 6.10 Å². The number of anilines is 1. The number of para-hydroxylation sites is 1. The lowest BCUT2D eigenvalue weighted by Crippen LogP contribution is -2.15. The molecule has 1 aromatic heterocycles. The second-order valence-corrected chi connectivity index (χ2v) is 9.52. The Morgan fingerprint density at radius 3 is 2.27 bits per heavy atom. The highest BCUT2D eigenvalue weighted by Gasteiger charge is 2.23. The van der Waals surface area contributed by atoms with Crippen molar-refractivity contribution in [3.63, 3.8) is 0 Å². The van der Waals surface area contributed by atoms with Crippen molar-refractivity contribution in [2.75, 3.05) is 26.6 Å². The van der Waals surface area contributed by atoms with Gasteiger partial charge in [0.2, 0.25) is 0 Å². The molecular formula is C30H28Cl2N2O6. The molecule has 0 amide bonds. The normalized spacial score (nSPS) is 11.4. The number of halogens is 2. The van der Waals surface area contributed by atoms with E-state index in [9.17, 15) is 9.90 Å². The maximum Gasteiger partial charge on any atom is 0.338 e. The molecule has 0 unspecified atom stereocenters. The van der Waals surface area contributed by atoms with E-state index >= 15 is 0 Å². The van der Waals surface area contributed by atoms with Crippen LogP contribution in [0.25, 0.3) is 0 Å². The monoisotopic (exact) mass is 582 g/mol.